The molecule has 0 aliphatic heterocycles. The van der Waals surface area contributed by atoms with Crippen molar-refractivity contribution in [3.63, 3.8) is 0 Å². The lowest BCUT2D eigenvalue weighted by molar-refractivity contribution is 0.137. The SMILES string of the molecule is C=CC(CCBr)NC(=O)OCc1ccccc1. The third kappa shape index (κ3) is 5.54. The van der Waals surface area contributed by atoms with Crippen LogP contribution in [0.15, 0.2) is 43.0 Å². The van der Waals surface area contributed by atoms with Gasteiger partial charge in [0.25, 0.3) is 0 Å². The average molecular weight is 298 g/mol. The van der Waals surface area contributed by atoms with Gasteiger partial charge in [0.15, 0.2) is 0 Å². The zero-order chi connectivity index (χ0) is 12.5. The summed E-state index contributed by atoms with van der Waals surface area (Å²) in [5, 5.41) is 3.54. The van der Waals surface area contributed by atoms with Gasteiger partial charge in [-0.1, -0.05) is 52.3 Å². The smallest absolute Gasteiger partial charge is 0.407 e. The number of rotatable bonds is 6. The summed E-state index contributed by atoms with van der Waals surface area (Å²) in [6.45, 7) is 3.94. The summed E-state index contributed by atoms with van der Waals surface area (Å²) in [6.07, 6.45) is 2.08. The summed E-state index contributed by atoms with van der Waals surface area (Å²) in [7, 11) is 0. The molecule has 1 amide bonds. The predicted octanol–water partition coefficient (Wildman–Crippen LogP) is 3.25. The van der Waals surface area contributed by atoms with Gasteiger partial charge in [0.05, 0.1) is 6.04 Å². The van der Waals surface area contributed by atoms with E-state index >= 15 is 0 Å². The minimum Gasteiger partial charge on any atom is -0.445 e. The van der Waals surface area contributed by atoms with Crippen LogP contribution in [0, 0.1) is 0 Å². The monoisotopic (exact) mass is 297 g/mol. The normalized spacial score (nSPS) is 11.6. The highest BCUT2D eigenvalue weighted by atomic mass is 79.9. The number of alkyl carbamates (subject to hydrolysis) is 1. The fourth-order valence-electron chi connectivity index (χ4n) is 1.28. The summed E-state index contributed by atoms with van der Waals surface area (Å²) in [4.78, 5) is 11.5. The van der Waals surface area contributed by atoms with Gasteiger partial charge in [-0.05, 0) is 12.0 Å². The van der Waals surface area contributed by atoms with E-state index in [-0.39, 0.29) is 12.6 Å². The van der Waals surface area contributed by atoms with Crippen LogP contribution in [0.5, 0.6) is 0 Å². The van der Waals surface area contributed by atoms with Gasteiger partial charge >= 0.3 is 6.09 Å². The topological polar surface area (TPSA) is 38.3 Å². The lowest BCUT2D eigenvalue weighted by atomic mass is 10.2. The number of alkyl halides is 1. The Morgan fingerprint density at radius 3 is 2.76 bits per heavy atom. The molecule has 17 heavy (non-hydrogen) atoms. The number of ether oxygens (including phenoxy) is 1. The molecule has 0 fully saturated rings. The van der Waals surface area contributed by atoms with Crippen molar-refractivity contribution in [2.45, 2.75) is 19.1 Å². The van der Waals surface area contributed by atoms with Gasteiger partial charge in [0.2, 0.25) is 0 Å². The molecule has 0 saturated heterocycles. The Morgan fingerprint density at radius 2 is 2.18 bits per heavy atom. The molecule has 0 aliphatic rings. The summed E-state index contributed by atoms with van der Waals surface area (Å²) in [5.41, 5.74) is 0.971. The van der Waals surface area contributed by atoms with Crippen LogP contribution in [0.3, 0.4) is 0 Å². The van der Waals surface area contributed by atoms with Crippen molar-refractivity contribution in [2.24, 2.45) is 0 Å². The zero-order valence-electron chi connectivity index (χ0n) is 9.56. The van der Waals surface area contributed by atoms with Crippen molar-refractivity contribution in [1.29, 1.82) is 0 Å². The van der Waals surface area contributed by atoms with Gasteiger partial charge in [-0.25, -0.2) is 4.79 Å². The maximum atomic E-state index is 11.5. The highest BCUT2D eigenvalue weighted by Crippen LogP contribution is 2.02. The molecule has 0 saturated carbocycles. The van der Waals surface area contributed by atoms with Crippen LogP contribution >= 0.6 is 15.9 Å². The van der Waals surface area contributed by atoms with Gasteiger partial charge in [-0.2, -0.15) is 0 Å². The van der Waals surface area contributed by atoms with Gasteiger partial charge in [-0.15, -0.1) is 6.58 Å². The van der Waals surface area contributed by atoms with Crippen molar-refractivity contribution in [3.8, 4) is 0 Å². The standard InChI is InChI=1S/C13H16BrNO2/c1-2-12(8-9-14)15-13(16)17-10-11-6-4-3-5-7-11/h2-7,12H,1,8-10H2,(H,15,16). The first kappa shape index (κ1) is 13.8. The van der Waals surface area contributed by atoms with Gasteiger partial charge in [-0.3, -0.25) is 0 Å². The Labute approximate surface area is 110 Å². The van der Waals surface area contributed by atoms with E-state index in [1.807, 2.05) is 30.3 Å². The van der Waals surface area contributed by atoms with E-state index in [0.29, 0.717) is 0 Å². The fraction of sp³-hybridized carbons (Fsp3) is 0.308. The molecular formula is C13H16BrNO2. The Morgan fingerprint density at radius 1 is 1.47 bits per heavy atom. The Balaban J connectivity index is 2.32. The van der Waals surface area contributed by atoms with E-state index in [0.717, 1.165) is 17.3 Å². The van der Waals surface area contributed by atoms with Crippen molar-refractivity contribution < 1.29 is 9.53 Å². The van der Waals surface area contributed by atoms with Gasteiger partial charge in [0.1, 0.15) is 6.61 Å². The number of hydrogen-bond acceptors (Lipinski definition) is 2. The molecule has 1 atom stereocenters. The van der Waals surface area contributed by atoms with Crippen LogP contribution in [-0.4, -0.2) is 17.5 Å². The summed E-state index contributed by atoms with van der Waals surface area (Å²) >= 11 is 3.32. The summed E-state index contributed by atoms with van der Waals surface area (Å²) in [6, 6.07) is 9.51. The first-order valence-electron chi connectivity index (χ1n) is 5.42. The predicted molar refractivity (Wildman–Crippen MR) is 72.2 cm³/mol. The largest absolute Gasteiger partial charge is 0.445 e. The third-order valence-electron chi connectivity index (χ3n) is 2.22. The molecule has 1 unspecified atom stereocenters. The van der Waals surface area contributed by atoms with Crippen molar-refractivity contribution >= 4 is 22.0 Å². The number of hydrogen-bond donors (Lipinski definition) is 1. The highest BCUT2D eigenvalue weighted by molar-refractivity contribution is 9.09. The maximum Gasteiger partial charge on any atom is 0.407 e. The Kier molecular flexibility index (Phi) is 6.40. The fourth-order valence-corrected chi connectivity index (χ4v) is 1.78. The van der Waals surface area contributed by atoms with E-state index in [2.05, 4.69) is 27.8 Å². The van der Waals surface area contributed by atoms with Crippen LogP contribution in [0.2, 0.25) is 0 Å². The second-order valence-corrected chi connectivity index (χ2v) is 4.32. The number of halogens is 1. The molecule has 1 aromatic rings. The third-order valence-corrected chi connectivity index (χ3v) is 2.68. The number of carbonyl (C=O) groups is 1. The second-order valence-electron chi connectivity index (χ2n) is 3.53. The molecule has 0 heterocycles. The van der Waals surface area contributed by atoms with E-state index in [4.69, 9.17) is 4.74 Å². The molecule has 1 aromatic carbocycles. The highest BCUT2D eigenvalue weighted by Gasteiger charge is 2.08. The maximum absolute atomic E-state index is 11.5. The second kappa shape index (κ2) is 7.90. The Hall–Kier alpha value is -1.29. The summed E-state index contributed by atoms with van der Waals surface area (Å²) < 4.78 is 5.09. The molecule has 92 valence electrons. The molecular weight excluding hydrogens is 282 g/mol. The lowest BCUT2D eigenvalue weighted by Crippen LogP contribution is -2.33. The molecule has 1 N–H and O–H groups in total. The number of benzene rings is 1. The quantitative estimate of drug-likeness (QED) is 0.646. The van der Waals surface area contributed by atoms with Crippen LogP contribution < -0.4 is 5.32 Å². The number of amides is 1. The molecule has 0 aliphatic carbocycles. The van der Waals surface area contributed by atoms with E-state index in [9.17, 15) is 4.79 Å². The number of carbonyl (C=O) groups excluding carboxylic acids is 1. The van der Waals surface area contributed by atoms with E-state index < -0.39 is 6.09 Å². The van der Waals surface area contributed by atoms with Crippen LogP contribution in [-0.2, 0) is 11.3 Å². The first-order chi connectivity index (χ1) is 8.26. The molecule has 0 bridgehead atoms. The van der Waals surface area contributed by atoms with Crippen molar-refractivity contribution in [1.82, 2.24) is 5.32 Å². The first-order valence-corrected chi connectivity index (χ1v) is 6.54. The minimum atomic E-state index is -0.417. The minimum absolute atomic E-state index is 0.0577. The van der Waals surface area contributed by atoms with Crippen molar-refractivity contribution in [2.75, 3.05) is 5.33 Å². The van der Waals surface area contributed by atoms with Crippen LogP contribution in [0.1, 0.15) is 12.0 Å². The molecule has 0 aromatic heterocycles. The molecule has 0 radical (unpaired) electrons. The lowest BCUT2D eigenvalue weighted by Gasteiger charge is -2.13. The van der Waals surface area contributed by atoms with E-state index in [1.54, 1.807) is 6.08 Å². The molecule has 1 rings (SSSR count). The zero-order valence-corrected chi connectivity index (χ0v) is 11.2. The van der Waals surface area contributed by atoms with Gasteiger partial charge in [0, 0.05) is 5.33 Å². The van der Waals surface area contributed by atoms with Crippen LogP contribution in [0.4, 0.5) is 4.79 Å². The van der Waals surface area contributed by atoms with Gasteiger partial charge < -0.3 is 10.1 Å². The molecule has 0 spiro atoms. The van der Waals surface area contributed by atoms with Crippen molar-refractivity contribution in [3.05, 3.63) is 48.6 Å². The summed E-state index contributed by atoms with van der Waals surface area (Å²) in [5.74, 6) is 0. The van der Waals surface area contributed by atoms with Crippen LogP contribution in [0.25, 0.3) is 0 Å². The van der Waals surface area contributed by atoms with E-state index in [1.165, 1.54) is 0 Å². The number of nitrogens with one attached hydrogen (secondary N) is 1. The Bertz CT molecular complexity index is 354. The molecule has 4 heteroatoms. The average Bonchev–Trinajstić information content (AvgIpc) is 2.37. The molecule has 3 nitrogen and oxygen atoms in total.